The zero-order valence-corrected chi connectivity index (χ0v) is 19.0. The van der Waals surface area contributed by atoms with Crippen molar-refractivity contribution in [1.29, 1.82) is 0 Å². The monoisotopic (exact) mass is 496 g/mol. The summed E-state index contributed by atoms with van der Waals surface area (Å²) in [5.74, 6) is 0.396. The van der Waals surface area contributed by atoms with Crippen molar-refractivity contribution in [3.8, 4) is 0 Å². The molecule has 1 fully saturated rings. The highest BCUT2D eigenvalue weighted by Crippen LogP contribution is 2.36. The third-order valence-corrected chi connectivity index (χ3v) is 8.21. The van der Waals surface area contributed by atoms with Crippen molar-refractivity contribution in [2.45, 2.75) is 36.3 Å². The molecule has 1 aromatic carbocycles. The average molecular weight is 497 g/mol. The number of rotatable bonds is 6. The van der Waals surface area contributed by atoms with E-state index in [4.69, 9.17) is 11.6 Å². The van der Waals surface area contributed by atoms with Crippen LogP contribution < -0.4 is 5.32 Å². The Labute approximate surface area is 186 Å². The van der Waals surface area contributed by atoms with Crippen LogP contribution in [0.3, 0.4) is 0 Å². The van der Waals surface area contributed by atoms with Gasteiger partial charge in [-0.1, -0.05) is 23.4 Å². The van der Waals surface area contributed by atoms with Crippen molar-refractivity contribution < 1.29 is 26.4 Å². The SMILES string of the molecule is CC(Sc1nnc(CC2CCS(=O)(=O)C2)n1C)C(=O)Nc1ccc(Cl)c(C(F)(F)F)c1. The fraction of sp³-hybridized carbons (Fsp3) is 0.500. The summed E-state index contributed by atoms with van der Waals surface area (Å²) in [6.07, 6.45) is -3.59. The van der Waals surface area contributed by atoms with Crippen LogP contribution in [0.4, 0.5) is 18.9 Å². The van der Waals surface area contributed by atoms with Crippen molar-refractivity contribution in [2.24, 2.45) is 13.0 Å². The molecule has 1 aromatic heterocycles. The number of carbonyl (C=O) groups excluding carboxylic acids is 1. The number of hydrogen-bond acceptors (Lipinski definition) is 6. The number of amides is 1. The lowest BCUT2D eigenvalue weighted by atomic mass is 10.1. The molecule has 0 bridgehead atoms. The lowest BCUT2D eigenvalue weighted by Crippen LogP contribution is -2.23. The second-order valence-electron chi connectivity index (χ2n) is 7.37. The van der Waals surface area contributed by atoms with E-state index in [9.17, 15) is 26.4 Å². The number of nitrogens with zero attached hydrogens (tertiary/aromatic N) is 3. The first-order chi connectivity index (χ1) is 14.4. The third-order valence-electron chi connectivity index (χ3n) is 4.91. The Bertz CT molecular complexity index is 1090. The van der Waals surface area contributed by atoms with Crippen molar-refractivity contribution in [1.82, 2.24) is 14.8 Å². The molecule has 0 spiro atoms. The minimum absolute atomic E-state index is 0.0146. The topological polar surface area (TPSA) is 93.9 Å². The van der Waals surface area contributed by atoms with Gasteiger partial charge in [0, 0.05) is 19.2 Å². The molecule has 1 amide bonds. The van der Waals surface area contributed by atoms with Gasteiger partial charge in [0.05, 0.1) is 27.3 Å². The van der Waals surface area contributed by atoms with Gasteiger partial charge in [-0.15, -0.1) is 10.2 Å². The molecule has 170 valence electrons. The van der Waals surface area contributed by atoms with Crippen molar-refractivity contribution in [2.75, 3.05) is 16.8 Å². The summed E-state index contributed by atoms with van der Waals surface area (Å²) in [5, 5.41) is 9.94. The van der Waals surface area contributed by atoms with E-state index in [2.05, 4.69) is 15.5 Å². The summed E-state index contributed by atoms with van der Waals surface area (Å²) in [6.45, 7) is 1.60. The fourth-order valence-electron chi connectivity index (χ4n) is 3.19. The number of thioether (sulfide) groups is 1. The lowest BCUT2D eigenvalue weighted by Gasteiger charge is -2.14. The molecule has 3 rings (SSSR count). The van der Waals surface area contributed by atoms with Crippen LogP contribution in [-0.4, -0.2) is 45.8 Å². The zero-order chi connectivity index (χ0) is 23.0. The Kier molecular flexibility index (Phi) is 6.92. The van der Waals surface area contributed by atoms with Crippen molar-refractivity contribution in [3.63, 3.8) is 0 Å². The smallest absolute Gasteiger partial charge is 0.325 e. The average Bonchev–Trinajstić information content (AvgIpc) is 3.18. The second kappa shape index (κ2) is 8.99. The number of benzene rings is 1. The highest BCUT2D eigenvalue weighted by atomic mass is 35.5. The molecule has 2 heterocycles. The first-order valence-electron chi connectivity index (χ1n) is 9.28. The standard InChI is InChI=1S/C18H20ClF3N4O3S2/c1-10(16(27)23-12-3-4-14(19)13(8-12)18(20,21)22)30-17-25-24-15(26(17)2)7-11-5-6-31(28,29)9-11/h3-4,8,10-11H,5-7,9H2,1-2H3,(H,23,27). The summed E-state index contributed by atoms with van der Waals surface area (Å²) in [4.78, 5) is 12.5. The Morgan fingerprint density at radius 3 is 2.71 bits per heavy atom. The van der Waals surface area contributed by atoms with Gasteiger partial charge in [-0.2, -0.15) is 13.2 Å². The zero-order valence-electron chi connectivity index (χ0n) is 16.6. The molecule has 13 heteroatoms. The first-order valence-corrected chi connectivity index (χ1v) is 12.4. The summed E-state index contributed by atoms with van der Waals surface area (Å²) in [5.41, 5.74) is -1.05. The molecular weight excluding hydrogens is 477 g/mol. The number of sulfone groups is 1. The Morgan fingerprint density at radius 1 is 1.39 bits per heavy atom. The van der Waals surface area contributed by atoms with Crippen molar-refractivity contribution in [3.05, 3.63) is 34.6 Å². The van der Waals surface area contributed by atoms with E-state index >= 15 is 0 Å². The van der Waals surface area contributed by atoms with Crippen LogP contribution in [0.1, 0.15) is 24.7 Å². The Hall–Kier alpha value is -1.79. The summed E-state index contributed by atoms with van der Waals surface area (Å²) in [6, 6.07) is 3.16. The van der Waals surface area contributed by atoms with Gasteiger partial charge in [0.2, 0.25) is 5.91 Å². The van der Waals surface area contributed by atoms with E-state index in [1.807, 2.05) is 0 Å². The maximum Gasteiger partial charge on any atom is 0.417 e. The second-order valence-corrected chi connectivity index (χ2v) is 11.3. The Balaban J connectivity index is 1.63. The molecule has 0 radical (unpaired) electrons. The molecule has 0 aliphatic carbocycles. The minimum Gasteiger partial charge on any atom is -0.325 e. The van der Waals surface area contributed by atoms with Crippen LogP contribution in [0.5, 0.6) is 0 Å². The van der Waals surface area contributed by atoms with E-state index in [1.165, 1.54) is 6.07 Å². The van der Waals surface area contributed by atoms with Crippen LogP contribution in [-0.2, 0) is 34.3 Å². The van der Waals surface area contributed by atoms with Gasteiger partial charge in [-0.25, -0.2) is 8.42 Å². The maximum absolute atomic E-state index is 13.0. The molecule has 31 heavy (non-hydrogen) atoms. The van der Waals surface area contributed by atoms with E-state index < -0.39 is 37.8 Å². The largest absolute Gasteiger partial charge is 0.417 e. The van der Waals surface area contributed by atoms with Gasteiger partial charge in [-0.05, 0) is 37.5 Å². The Morgan fingerprint density at radius 2 is 2.10 bits per heavy atom. The van der Waals surface area contributed by atoms with Crippen LogP contribution in [0.2, 0.25) is 5.02 Å². The molecule has 2 unspecified atom stereocenters. The molecule has 1 N–H and O–H groups in total. The van der Waals surface area contributed by atoms with E-state index in [1.54, 1.807) is 18.5 Å². The van der Waals surface area contributed by atoms with Gasteiger partial charge >= 0.3 is 6.18 Å². The molecule has 2 aromatic rings. The minimum atomic E-state index is -4.63. The fourth-order valence-corrected chi connectivity index (χ4v) is 6.11. The van der Waals surface area contributed by atoms with Crippen molar-refractivity contribution >= 4 is 44.8 Å². The van der Waals surface area contributed by atoms with Gasteiger partial charge in [0.1, 0.15) is 5.82 Å². The van der Waals surface area contributed by atoms with E-state index in [0.29, 0.717) is 23.8 Å². The van der Waals surface area contributed by atoms with Crippen LogP contribution >= 0.6 is 23.4 Å². The molecular formula is C18H20ClF3N4O3S2. The predicted molar refractivity (Wildman–Crippen MR) is 112 cm³/mol. The van der Waals surface area contributed by atoms with Crippen LogP contribution in [0.25, 0.3) is 0 Å². The molecule has 0 saturated carbocycles. The maximum atomic E-state index is 13.0. The third kappa shape index (κ3) is 5.92. The summed E-state index contributed by atoms with van der Waals surface area (Å²) in [7, 11) is -1.27. The van der Waals surface area contributed by atoms with E-state index in [-0.39, 0.29) is 23.1 Å². The van der Waals surface area contributed by atoms with E-state index in [0.717, 1.165) is 23.9 Å². The number of alkyl halides is 3. The molecule has 1 aliphatic rings. The molecule has 7 nitrogen and oxygen atoms in total. The van der Waals surface area contributed by atoms with Crippen LogP contribution in [0.15, 0.2) is 23.4 Å². The summed E-state index contributed by atoms with van der Waals surface area (Å²) >= 11 is 6.69. The number of halogens is 4. The molecule has 2 atom stereocenters. The highest BCUT2D eigenvalue weighted by molar-refractivity contribution is 8.00. The van der Waals surface area contributed by atoms with Gasteiger partial charge in [-0.3, -0.25) is 4.79 Å². The highest BCUT2D eigenvalue weighted by Gasteiger charge is 2.34. The molecule has 1 saturated heterocycles. The number of hydrogen-bond donors (Lipinski definition) is 1. The quantitative estimate of drug-likeness (QED) is 0.614. The first kappa shape index (κ1) is 23.9. The van der Waals surface area contributed by atoms with Crippen LogP contribution in [0, 0.1) is 5.92 Å². The predicted octanol–water partition coefficient (Wildman–Crippen LogP) is 3.58. The van der Waals surface area contributed by atoms with Gasteiger partial charge < -0.3 is 9.88 Å². The van der Waals surface area contributed by atoms with Gasteiger partial charge in [0.25, 0.3) is 0 Å². The normalized spacial score (nSPS) is 19.4. The lowest BCUT2D eigenvalue weighted by molar-refractivity contribution is -0.137. The summed E-state index contributed by atoms with van der Waals surface area (Å²) < 4.78 is 63.9. The molecule has 1 aliphatic heterocycles. The number of anilines is 1. The van der Waals surface area contributed by atoms with Gasteiger partial charge in [0.15, 0.2) is 15.0 Å². The number of aromatic nitrogens is 3. The number of carbonyl (C=O) groups is 1. The number of nitrogens with one attached hydrogen (secondary N) is 1.